The van der Waals surface area contributed by atoms with Crippen LogP contribution in [0.4, 0.5) is 5.69 Å². The van der Waals surface area contributed by atoms with Crippen LogP contribution in [-0.2, 0) is 14.3 Å². The van der Waals surface area contributed by atoms with Gasteiger partial charge in [0.25, 0.3) is 0 Å². The molecule has 0 spiro atoms. The van der Waals surface area contributed by atoms with Crippen molar-refractivity contribution in [1.29, 1.82) is 0 Å². The Kier molecular flexibility index (Phi) is 7.01. The lowest BCUT2D eigenvalue weighted by Crippen LogP contribution is -2.31. The monoisotopic (exact) mass is 357 g/mol. The molecule has 0 atom stereocenters. The molecule has 0 heterocycles. The largest absolute Gasteiger partial charge is 0.463 e. The van der Waals surface area contributed by atoms with Crippen LogP contribution in [0.5, 0.6) is 0 Å². The van der Waals surface area contributed by atoms with Crippen LogP contribution in [-0.4, -0.2) is 18.5 Å². The number of rotatable bonds is 5. The van der Waals surface area contributed by atoms with E-state index < -0.39 is 0 Å². The van der Waals surface area contributed by atoms with E-state index >= 15 is 0 Å². The predicted octanol–water partition coefficient (Wildman–Crippen LogP) is 5.05. The van der Waals surface area contributed by atoms with Gasteiger partial charge in [-0.3, -0.25) is 4.79 Å². The molecule has 26 heavy (non-hydrogen) atoms. The van der Waals surface area contributed by atoms with Gasteiger partial charge in [-0.2, -0.15) is 0 Å². The number of nitrogens with one attached hydrogen (secondary N) is 1. The molecular formula is C22H31NO3. The van der Waals surface area contributed by atoms with Gasteiger partial charge < -0.3 is 10.1 Å². The van der Waals surface area contributed by atoms with Crippen LogP contribution in [0.1, 0.15) is 58.9 Å². The Morgan fingerprint density at radius 2 is 1.73 bits per heavy atom. The number of hydrogen-bond acceptors (Lipinski definition) is 3. The highest BCUT2D eigenvalue weighted by molar-refractivity contribution is 5.92. The molecule has 1 saturated carbocycles. The summed E-state index contributed by atoms with van der Waals surface area (Å²) < 4.78 is 4.85. The summed E-state index contributed by atoms with van der Waals surface area (Å²) in [6, 6.07) is 7.48. The van der Waals surface area contributed by atoms with Crippen molar-refractivity contribution in [1.82, 2.24) is 0 Å². The van der Waals surface area contributed by atoms with Gasteiger partial charge in [0.1, 0.15) is 0 Å². The average molecular weight is 357 g/mol. The van der Waals surface area contributed by atoms with Crippen LogP contribution in [0.3, 0.4) is 0 Å². The molecule has 2 rings (SSSR count). The molecule has 1 aromatic carbocycles. The zero-order chi connectivity index (χ0) is 19.2. The van der Waals surface area contributed by atoms with Gasteiger partial charge in [-0.25, -0.2) is 4.79 Å². The standard InChI is InChI=1S/C22H31NO3/c1-5-26-20(24)15-8-16-6-13-19(14-7-16)23-21(25)17-9-11-18(12-10-17)22(2,3)4/h6-8,13-15,17-18H,5,9-12H2,1-4H3,(H,23,25)/b15-8+. The Labute approximate surface area is 157 Å². The summed E-state index contributed by atoms with van der Waals surface area (Å²) in [4.78, 5) is 23.8. The molecule has 0 aromatic heterocycles. The third-order valence-corrected chi connectivity index (χ3v) is 5.20. The molecule has 4 heteroatoms. The Morgan fingerprint density at radius 1 is 1.12 bits per heavy atom. The van der Waals surface area contributed by atoms with Gasteiger partial charge in [-0.1, -0.05) is 32.9 Å². The second-order valence-corrected chi connectivity index (χ2v) is 8.11. The molecule has 0 aliphatic heterocycles. The number of hydrogen-bond donors (Lipinski definition) is 1. The number of carbonyl (C=O) groups excluding carboxylic acids is 2. The lowest BCUT2D eigenvalue weighted by Gasteiger charge is -2.36. The van der Waals surface area contributed by atoms with Crippen molar-refractivity contribution in [2.75, 3.05) is 11.9 Å². The minimum absolute atomic E-state index is 0.108. The quantitative estimate of drug-likeness (QED) is 0.592. The summed E-state index contributed by atoms with van der Waals surface area (Å²) in [6.45, 7) is 9.01. The molecule has 1 fully saturated rings. The molecular weight excluding hydrogens is 326 g/mol. The Hall–Kier alpha value is -2.10. The van der Waals surface area contributed by atoms with Crippen LogP contribution in [0, 0.1) is 17.3 Å². The van der Waals surface area contributed by atoms with Crippen LogP contribution in [0.15, 0.2) is 30.3 Å². The van der Waals surface area contributed by atoms with Crippen LogP contribution in [0.25, 0.3) is 6.08 Å². The highest BCUT2D eigenvalue weighted by atomic mass is 16.5. The zero-order valence-corrected chi connectivity index (χ0v) is 16.4. The van der Waals surface area contributed by atoms with Gasteiger partial charge in [0.2, 0.25) is 5.91 Å². The van der Waals surface area contributed by atoms with Gasteiger partial charge in [-0.05, 0) is 67.7 Å². The summed E-state index contributed by atoms with van der Waals surface area (Å²) in [5.41, 5.74) is 2.01. The molecule has 0 saturated heterocycles. The molecule has 0 radical (unpaired) electrons. The minimum Gasteiger partial charge on any atom is -0.463 e. The van der Waals surface area contributed by atoms with E-state index in [0.29, 0.717) is 17.9 Å². The molecule has 0 bridgehead atoms. The third-order valence-electron chi connectivity index (χ3n) is 5.20. The molecule has 1 aromatic rings. The number of anilines is 1. The van der Waals surface area contributed by atoms with Crippen molar-refractivity contribution in [2.24, 2.45) is 17.3 Å². The summed E-state index contributed by atoms with van der Waals surface area (Å²) in [5, 5.41) is 3.02. The number of esters is 1. The number of carbonyl (C=O) groups is 2. The predicted molar refractivity (Wildman–Crippen MR) is 106 cm³/mol. The molecule has 1 aliphatic carbocycles. The van der Waals surface area contributed by atoms with Crippen LogP contribution in [0.2, 0.25) is 0 Å². The summed E-state index contributed by atoms with van der Waals surface area (Å²) in [5.74, 6) is 0.580. The van der Waals surface area contributed by atoms with Crippen molar-refractivity contribution in [3.05, 3.63) is 35.9 Å². The van der Waals surface area contributed by atoms with E-state index in [1.165, 1.54) is 6.08 Å². The molecule has 1 N–H and O–H groups in total. The highest BCUT2D eigenvalue weighted by Crippen LogP contribution is 2.40. The highest BCUT2D eigenvalue weighted by Gasteiger charge is 2.32. The topological polar surface area (TPSA) is 55.4 Å². The van der Waals surface area contributed by atoms with Gasteiger partial charge in [0.05, 0.1) is 6.61 Å². The van der Waals surface area contributed by atoms with E-state index in [9.17, 15) is 9.59 Å². The first-order valence-corrected chi connectivity index (χ1v) is 9.55. The maximum Gasteiger partial charge on any atom is 0.330 e. The second kappa shape index (κ2) is 9.02. The molecule has 4 nitrogen and oxygen atoms in total. The summed E-state index contributed by atoms with van der Waals surface area (Å²) >= 11 is 0. The van der Waals surface area contributed by atoms with Crippen molar-refractivity contribution in [3.63, 3.8) is 0 Å². The zero-order valence-electron chi connectivity index (χ0n) is 16.4. The fourth-order valence-corrected chi connectivity index (χ4v) is 3.50. The number of benzene rings is 1. The van der Waals surface area contributed by atoms with E-state index in [4.69, 9.17) is 4.74 Å². The summed E-state index contributed by atoms with van der Waals surface area (Å²) in [6.07, 6.45) is 7.29. The normalized spacial score (nSPS) is 20.8. The van der Waals surface area contributed by atoms with Crippen molar-refractivity contribution >= 4 is 23.6 Å². The van der Waals surface area contributed by atoms with Gasteiger partial charge in [-0.15, -0.1) is 0 Å². The van der Waals surface area contributed by atoms with E-state index in [0.717, 1.165) is 36.9 Å². The molecule has 1 amide bonds. The first kappa shape index (κ1) is 20.2. The van der Waals surface area contributed by atoms with Crippen molar-refractivity contribution < 1.29 is 14.3 Å². The molecule has 142 valence electrons. The van der Waals surface area contributed by atoms with Gasteiger partial charge in [0.15, 0.2) is 0 Å². The second-order valence-electron chi connectivity index (χ2n) is 8.11. The summed E-state index contributed by atoms with van der Waals surface area (Å²) in [7, 11) is 0. The van der Waals surface area contributed by atoms with E-state index in [1.807, 2.05) is 24.3 Å². The maximum absolute atomic E-state index is 12.5. The fraction of sp³-hybridized carbons (Fsp3) is 0.545. The number of amides is 1. The SMILES string of the molecule is CCOC(=O)/C=C/c1ccc(NC(=O)C2CCC(C(C)(C)C)CC2)cc1. The van der Waals surface area contributed by atoms with E-state index in [2.05, 4.69) is 26.1 Å². The van der Waals surface area contributed by atoms with Crippen LogP contribution < -0.4 is 5.32 Å². The van der Waals surface area contributed by atoms with E-state index in [1.54, 1.807) is 13.0 Å². The van der Waals surface area contributed by atoms with Gasteiger partial charge >= 0.3 is 5.97 Å². The average Bonchev–Trinajstić information content (AvgIpc) is 2.61. The first-order valence-electron chi connectivity index (χ1n) is 9.55. The Balaban J connectivity index is 1.85. The Morgan fingerprint density at radius 3 is 2.27 bits per heavy atom. The lowest BCUT2D eigenvalue weighted by atomic mass is 9.69. The smallest absolute Gasteiger partial charge is 0.330 e. The van der Waals surface area contributed by atoms with E-state index in [-0.39, 0.29) is 17.8 Å². The molecule has 0 unspecified atom stereocenters. The molecule has 1 aliphatic rings. The van der Waals surface area contributed by atoms with Gasteiger partial charge in [0, 0.05) is 17.7 Å². The first-order chi connectivity index (χ1) is 12.3. The Bertz CT molecular complexity index is 632. The third kappa shape index (κ3) is 6.01. The van der Waals surface area contributed by atoms with Crippen molar-refractivity contribution in [2.45, 2.75) is 53.4 Å². The van der Waals surface area contributed by atoms with Crippen LogP contribution >= 0.6 is 0 Å². The number of ether oxygens (including phenoxy) is 1. The lowest BCUT2D eigenvalue weighted by molar-refractivity contribution is -0.137. The minimum atomic E-state index is -0.351. The maximum atomic E-state index is 12.5. The van der Waals surface area contributed by atoms with Crippen molar-refractivity contribution in [3.8, 4) is 0 Å². The fourth-order valence-electron chi connectivity index (χ4n) is 3.50.